The van der Waals surface area contributed by atoms with Crippen molar-refractivity contribution in [3.8, 4) is 5.75 Å². The molecule has 0 aliphatic heterocycles. The molecule has 21 heavy (non-hydrogen) atoms. The van der Waals surface area contributed by atoms with Crippen molar-refractivity contribution >= 4 is 23.2 Å². The zero-order chi connectivity index (χ0) is 15.2. The van der Waals surface area contributed by atoms with Gasteiger partial charge in [0.2, 0.25) is 0 Å². The van der Waals surface area contributed by atoms with Crippen LogP contribution >= 0.6 is 23.2 Å². The van der Waals surface area contributed by atoms with E-state index in [1.54, 1.807) is 36.4 Å². The van der Waals surface area contributed by atoms with Gasteiger partial charge < -0.3 is 4.74 Å². The van der Waals surface area contributed by atoms with Gasteiger partial charge in [-0.25, -0.2) is 4.39 Å². The average Bonchev–Trinajstić information content (AvgIpc) is 2.48. The Morgan fingerprint density at radius 3 is 2.67 bits per heavy atom. The predicted molar refractivity (Wildman–Crippen MR) is 83.2 cm³/mol. The largest absolute Gasteiger partial charge is 0.492 e. The number of rotatable bonds is 6. The molecule has 3 N–H and O–H groups in total. The molecule has 0 aliphatic rings. The Kier molecular flexibility index (Phi) is 5.82. The first-order chi connectivity index (χ1) is 10.1. The maximum atomic E-state index is 13.9. The van der Waals surface area contributed by atoms with Crippen LogP contribution in [-0.2, 0) is 6.42 Å². The van der Waals surface area contributed by atoms with Crippen LogP contribution in [0.1, 0.15) is 5.56 Å². The minimum absolute atomic E-state index is 0.0963. The summed E-state index contributed by atoms with van der Waals surface area (Å²) >= 11 is 11.6. The molecular weight excluding hydrogens is 314 g/mol. The molecule has 2 aromatic carbocycles. The van der Waals surface area contributed by atoms with Gasteiger partial charge in [0.1, 0.15) is 18.2 Å². The lowest BCUT2D eigenvalue weighted by Gasteiger charge is -2.17. The molecule has 0 fully saturated rings. The highest BCUT2D eigenvalue weighted by Gasteiger charge is 2.13. The number of hydrogen-bond donors (Lipinski definition) is 2. The topological polar surface area (TPSA) is 47.3 Å². The van der Waals surface area contributed by atoms with Crippen molar-refractivity contribution in [2.75, 3.05) is 6.61 Å². The summed E-state index contributed by atoms with van der Waals surface area (Å²) in [5, 5.41) is 0.685. The van der Waals surface area contributed by atoms with E-state index in [-0.39, 0.29) is 17.7 Å². The molecular formula is C15H15Cl2FN2O. The van der Waals surface area contributed by atoms with Gasteiger partial charge in [0.15, 0.2) is 0 Å². The Morgan fingerprint density at radius 2 is 1.95 bits per heavy atom. The number of halogens is 3. The van der Waals surface area contributed by atoms with Gasteiger partial charge in [0.05, 0.1) is 11.1 Å². The van der Waals surface area contributed by atoms with E-state index in [1.807, 2.05) is 0 Å². The molecule has 0 amide bonds. The van der Waals surface area contributed by atoms with E-state index in [1.165, 1.54) is 6.07 Å². The molecule has 0 saturated heterocycles. The van der Waals surface area contributed by atoms with Crippen LogP contribution in [0.25, 0.3) is 0 Å². The molecule has 0 aliphatic carbocycles. The van der Waals surface area contributed by atoms with Gasteiger partial charge in [0.25, 0.3) is 0 Å². The van der Waals surface area contributed by atoms with Crippen LogP contribution in [0.4, 0.5) is 4.39 Å². The van der Waals surface area contributed by atoms with Gasteiger partial charge in [-0.2, -0.15) is 0 Å². The molecule has 2 rings (SSSR count). The monoisotopic (exact) mass is 328 g/mol. The molecule has 0 spiro atoms. The van der Waals surface area contributed by atoms with Crippen molar-refractivity contribution in [3.63, 3.8) is 0 Å². The molecule has 0 radical (unpaired) electrons. The van der Waals surface area contributed by atoms with Gasteiger partial charge in [-0.15, -0.1) is 0 Å². The highest BCUT2D eigenvalue weighted by Crippen LogP contribution is 2.20. The first-order valence-electron chi connectivity index (χ1n) is 6.37. The lowest BCUT2D eigenvalue weighted by atomic mass is 10.1. The number of hydrogen-bond acceptors (Lipinski definition) is 3. The van der Waals surface area contributed by atoms with Crippen molar-refractivity contribution in [3.05, 3.63) is 63.9 Å². The van der Waals surface area contributed by atoms with Crippen molar-refractivity contribution in [1.82, 2.24) is 5.43 Å². The van der Waals surface area contributed by atoms with Crippen LogP contribution in [0.5, 0.6) is 5.75 Å². The first-order valence-corrected chi connectivity index (χ1v) is 7.13. The molecule has 0 bridgehead atoms. The van der Waals surface area contributed by atoms with Crippen molar-refractivity contribution in [2.45, 2.75) is 12.5 Å². The van der Waals surface area contributed by atoms with Crippen LogP contribution in [0, 0.1) is 5.82 Å². The lowest BCUT2D eigenvalue weighted by molar-refractivity contribution is 0.263. The molecule has 112 valence electrons. The fourth-order valence-electron chi connectivity index (χ4n) is 1.89. The summed E-state index contributed by atoms with van der Waals surface area (Å²) < 4.78 is 19.5. The number of nitrogens with one attached hydrogen (secondary N) is 1. The minimum atomic E-state index is -0.429. The maximum Gasteiger partial charge on any atom is 0.145 e. The number of nitrogens with two attached hydrogens (primary N) is 1. The van der Waals surface area contributed by atoms with Crippen molar-refractivity contribution in [2.24, 2.45) is 5.84 Å². The summed E-state index contributed by atoms with van der Waals surface area (Å²) in [6.07, 6.45) is 0.365. The van der Waals surface area contributed by atoms with E-state index < -0.39 is 5.82 Å². The van der Waals surface area contributed by atoms with E-state index in [0.717, 1.165) is 0 Å². The van der Waals surface area contributed by atoms with E-state index in [0.29, 0.717) is 22.8 Å². The van der Waals surface area contributed by atoms with Gasteiger partial charge in [-0.1, -0.05) is 41.4 Å². The molecule has 0 heterocycles. The van der Waals surface area contributed by atoms with Crippen LogP contribution in [0.15, 0.2) is 42.5 Å². The molecule has 3 nitrogen and oxygen atoms in total. The second kappa shape index (κ2) is 7.61. The zero-order valence-electron chi connectivity index (χ0n) is 11.2. The summed E-state index contributed by atoms with van der Waals surface area (Å²) in [5.74, 6) is 5.70. The van der Waals surface area contributed by atoms with Crippen LogP contribution < -0.4 is 16.0 Å². The Morgan fingerprint density at radius 1 is 1.19 bits per heavy atom. The standard InChI is InChI=1S/C15H15Cl2FN2O/c16-11-4-2-5-13(8-11)21-9-12(20-19)7-10-3-1-6-14(17)15(10)18/h1-6,8,12,20H,7,9,19H2. The smallest absolute Gasteiger partial charge is 0.145 e. The van der Waals surface area contributed by atoms with Gasteiger partial charge in [-0.05, 0) is 36.2 Å². The molecule has 6 heteroatoms. The highest BCUT2D eigenvalue weighted by molar-refractivity contribution is 6.31. The summed E-state index contributed by atoms with van der Waals surface area (Å²) in [5.41, 5.74) is 3.10. The van der Waals surface area contributed by atoms with E-state index in [9.17, 15) is 4.39 Å². The fraction of sp³-hybridized carbons (Fsp3) is 0.200. The van der Waals surface area contributed by atoms with Gasteiger partial charge in [0, 0.05) is 5.02 Å². The highest BCUT2D eigenvalue weighted by atomic mass is 35.5. The van der Waals surface area contributed by atoms with Crippen molar-refractivity contribution in [1.29, 1.82) is 0 Å². The third kappa shape index (κ3) is 4.58. The molecule has 1 unspecified atom stereocenters. The van der Waals surface area contributed by atoms with Crippen LogP contribution in [-0.4, -0.2) is 12.6 Å². The fourth-order valence-corrected chi connectivity index (χ4v) is 2.27. The second-order valence-electron chi connectivity index (χ2n) is 4.55. The maximum absolute atomic E-state index is 13.9. The summed E-state index contributed by atoms with van der Waals surface area (Å²) in [7, 11) is 0. The van der Waals surface area contributed by atoms with E-state index >= 15 is 0 Å². The minimum Gasteiger partial charge on any atom is -0.492 e. The van der Waals surface area contributed by atoms with E-state index in [4.69, 9.17) is 33.8 Å². The van der Waals surface area contributed by atoms with Gasteiger partial charge in [-0.3, -0.25) is 11.3 Å². The summed E-state index contributed by atoms with van der Waals surface area (Å²) in [6.45, 7) is 0.281. The summed E-state index contributed by atoms with van der Waals surface area (Å²) in [4.78, 5) is 0. The molecule has 1 atom stereocenters. The Hall–Kier alpha value is -1.33. The average molecular weight is 329 g/mol. The van der Waals surface area contributed by atoms with E-state index in [2.05, 4.69) is 5.43 Å². The molecule has 0 aromatic heterocycles. The SMILES string of the molecule is NNC(COc1cccc(Cl)c1)Cc1cccc(Cl)c1F. The Balaban J connectivity index is 1.99. The lowest BCUT2D eigenvalue weighted by Crippen LogP contribution is -2.41. The quantitative estimate of drug-likeness (QED) is 0.629. The Labute approximate surface area is 132 Å². The van der Waals surface area contributed by atoms with Crippen molar-refractivity contribution < 1.29 is 9.13 Å². The normalized spacial score (nSPS) is 12.2. The third-order valence-corrected chi connectivity index (χ3v) is 3.51. The number of hydrazine groups is 1. The number of ether oxygens (including phenoxy) is 1. The summed E-state index contributed by atoms with van der Waals surface area (Å²) in [6, 6.07) is 11.7. The van der Waals surface area contributed by atoms with Gasteiger partial charge >= 0.3 is 0 Å². The van der Waals surface area contributed by atoms with Crippen LogP contribution in [0.3, 0.4) is 0 Å². The second-order valence-corrected chi connectivity index (χ2v) is 5.39. The van der Waals surface area contributed by atoms with Crippen LogP contribution in [0.2, 0.25) is 10.0 Å². The number of benzene rings is 2. The third-order valence-electron chi connectivity index (χ3n) is 2.98. The first kappa shape index (κ1) is 16.0. The predicted octanol–water partition coefficient (Wildman–Crippen LogP) is 3.59. The molecule has 0 saturated carbocycles. The Bertz CT molecular complexity index is 610. The molecule has 2 aromatic rings. The zero-order valence-corrected chi connectivity index (χ0v) is 12.7.